The van der Waals surface area contributed by atoms with Gasteiger partial charge in [0.2, 0.25) is 11.8 Å². The second-order valence-corrected chi connectivity index (χ2v) is 12.0. The standard InChI is InChI=1S/C27H24N4O7S2/c32-19(29-11-2-1-3-12-29)14-38-18-6-4-5-15(13-18)20-21-23(39-24-22(20)40-27(35)28-24)26(34)30(25(21)33)16-7-9-17(10-8-16)31(36)37/h4-10,13,20-21,23H,1-3,11-12,14H2,(H,28,35)/t20-,21-,23+/m0/s1. The van der Waals surface area contributed by atoms with Crippen LogP contribution in [0.5, 0.6) is 5.75 Å². The average Bonchev–Trinajstić information content (AvgIpc) is 3.46. The van der Waals surface area contributed by atoms with Crippen LogP contribution in [0.3, 0.4) is 0 Å². The minimum absolute atomic E-state index is 0.0827. The summed E-state index contributed by atoms with van der Waals surface area (Å²) in [5.41, 5.74) is 0.781. The van der Waals surface area contributed by atoms with Crippen molar-refractivity contribution < 1.29 is 24.0 Å². The molecule has 206 valence electrons. The van der Waals surface area contributed by atoms with E-state index in [9.17, 15) is 29.3 Å². The molecule has 0 unspecified atom stereocenters. The number of fused-ring (bicyclic) bond motifs is 2. The number of thioether (sulfide) groups is 1. The Labute approximate surface area is 236 Å². The number of nitrogens with one attached hydrogen (secondary N) is 1. The van der Waals surface area contributed by atoms with E-state index in [4.69, 9.17) is 4.74 Å². The fourth-order valence-corrected chi connectivity index (χ4v) is 8.05. The van der Waals surface area contributed by atoms with Gasteiger partial charge in [-0.2, -0.15) is 0 Å². The lowest BCUT2D eigenvalue weighted by atomic mass is 9.83. The van der Waals surface area contributed by atoms with Gasteiger partial charge in [0.25, 0.3) is 11.6 Å². The highest BCUT2D eigenvalue weighted by atomic mass is 32.2. The summed E-state index contributed by atoms with van der Waals surface area (Å²) < 4.78 is 5.85. The summed E-state index contributed by atoms with van der Waals surface area (Å²) in [4.78, 5) is 68.9. The molecule has 0 radical (unpaired) electrons. The largest absolute Gasteiger partial charge is 0.484 e. The lowest BCUT2D eigenvalue weighted by Gasteiger charge is -2.30. The van der Waals surface area contributed by atoms with Gasteiger partial charge in [-0.15, -0.1) is 0 Å². The fourth-order valence-electron chi connectivity index (χ4n) is 5.53. The Bertz CT molecular complexity index is 1560. The number of thiazole rings is 1. The normalized spacial score (nSPS) is 22.1. The average molecular weight is 581 g/mol. The number of piperidine rings is 1. The number of rotatable bonds is 6. The first-order valence-electron chi connectivity index (χ1n) is 12.8. The number of ether oxygens (including phenoxy) is 1. The monoisotopic (exact) mass is 580 g/mol. The van der Waals surface area contributed by atoms with Gasteiger partial charge in [0, 0.05) is 36.0 Å². The van der Waals surface area contributed by atoms with E-state index in [1.807, 2.05) is 6.07 Å². The Kier molecular flexibility index (Phi) is 6.92. The Morgan fingerprint density at radius 1 is 1.05 bits per heavy atom. The van der Waals surface area contributed by atoms with Crippen molar-refractivity contribution in [2.24, 2.45) is 5.92 Å². The summed E-state index contributed by atoms with van der Waals surface area (Å²) in [7, 11) is 0. The molecule has 3 atom stereocenters. The summed E-state index contributed by atoms with van der Waals surface area (Å²) >= 11 is 2.15. The van der Waals surface area contributed by atoms with Crippen molar-refractivity contribution in [3.05, 3.63) is 78.8 Å². The molecule has 6 rings (SSSR count). The lowest BCUT2D eigenvalue weighted by Crippen LogP contribution is -2.38. The number of carbonyl (C=O) groups is 3. The van der Waals surface area contributed by atoms with Crippen LogP contribution in [0.25, 0.3) is 0 Å². The van der Waals surface area contributed by atoms with Crippen molar-refractivity contribution in [3.8, 4) is 5.75 Å². The molecule has 2 saturated heterocycles. The molecule has 40 heavy (non-hydrogen) atoms. The second kappa shape index (κ2) is 10.5. The minimum Gasteiger partial charge on any atom is -0.484 e. The first-order valence-corrected chi connectivity index (χ1v) is 14.5. The van der Waals surface area contributed by atoms with Crippen LogP contribution in [0, 0.1) is 16.0 Å². The molecular formula is C27H24N4O7S2. The van der Waals surface area contributed by atoms with Crippen LogP contribution in [-0.2, 0) is 14.4 Å². The number of nitro groups is 1. The third-order valence-corrected chi connectivity index (χ3v) is 9.83. The number of anilines is 1. The molecule has 3 aliphatic heterocycles. The molecule has 1 aromatic heterocycles. The number of H-pyrrole nitrogens is 1. The summed E-state index contributed by atoms with van der Waals surface area (Å²) in [6.07, 6.45) is 3.08. The maximum absolute atomic E-state index is 13.8. The lowest BCUT2D eigenvalue weighted by molar-refractivity contribution is -0.384. The number of aromatic nitrogens is 1. The van der Waals surface area contributed by atoms with Crippen LogP contribution in [0.15, 0.2) is 58.4 Å². The van der Waals surface area contributed by atoms with Gasteiger partial charge in [0.05, 0.1) is 21.6 Å². The highest BCUT2D eigenvalue weighted by molar-refractivity contribution is 8.00. The first kappa shape index (κ1) is 26.3. The second-order valence-electron chi connectivity index (χ2n) is 9.84. The Morgan fingerprint density at radius 2 is 1.80 bits per heavy atom. The molecule has 0 aliphatic carbocycles. The van der Waals surface area contributed by atoms with E-state index in [1.165, 1.54) is 24.3 Å². The van der Waals surface area contributed by atoms with Gasteiger partial charge in [-0.1, -0.05) is 35.2 Å². The summed E-state index contributed by atoms with van der Waals surface area (Å²) in [5.74, 6) is -1.94. The fraction of sp³-hybridized carbons (Fsp3) is 0.333. The number of hydrogen-bond donors (Lipinski definition) is 1. The third kappa shape index (κ3) is 4.68. The molecule has 3 aliphatic rings. The molecular weight excluding hydrogens is 556 g/mol. The van der Waals surface area contributed by atoms with Crippen LogP contribution in [0.2, 0.25) is 0 Å². The Hall–Kier alpha value is -3.97. The zero-order chi connectivity index (χ0) is 28.0. The van der Waals surface area contributed by atoms with E-state index in [0.717, 1.165) is 60.4 Å². The molecule has 0 bridgehead atoms. The number of carbonyl (C=O) groups excluding carboxylic acids is 3. The van der Waals surface area contributed by atoms with E-state index in [2.05, 4.69) is 4.98 Å². The molecule has 0 spiro atoms. The van der Waals surface area contributed by atoms with Gasteiger partial charge in [-0.3, -0.25) is 29.3 Å². The first-order chi connectivity index (χ1) is 19.3. The summed E-state index contributed by atoms with van der Waals surface area (Å²) in [6.45, 7) is 1.34. The topological polar surface area (TPSA) is 143 Å². The number of imide groups is 1. The van der Waals surface area contributed by atoms with Gasteiger partial charge in [-0.05, 0) is 49.1 Å². The molecule has 11 nitrogen and oxygen atoms in total. The van der Waals surface area contributed by atoms with Gasteiger partial charge >= 0.3 is 4.87 Å². The molecule has 4 heterocycles. The Balaban J connectivity index is 1.31. The molecule has 2 fully saturated rings. The maximum Gasteiger partial charge on any atom is 0.305 e. The molecule has 13 heteroatoms. The predicted molar refractivity (Wildman–Crippen MR) is 148 cm³/mol. The number of non-ortho nitro benzene ring substituents is 1. The van der Waals surface area contributed by atoms with E-state index < -0.39 is 33.8 Å². The number of amides is 3. The smallest absolute Gasteiger partial charge is 0.305 e. The van der Waals surface area contributed by atoms with Crippen molar-refractivity contribution in [2.75, 3.05) is 24.6 Å². The van der Waals surface area contributed by atoms with Crippen LogP contribution >= 0.6 is 23.1 Å². The van der Waals surface area contributed by atoms with Crippen LogP contribution in [-0.4, -0.2) is 57.5 Å². The Morgan fingerprint density at radius 3 is 2.52 bits per heavy atom. The van der Waals surface area contributed by atoms with Crippen molar-refractivity contribution in [1.82, 2.24) is 9.88 Å². The summed E-state index contributed by atoms with van der Waals surface area (Å²) in [6, 6.07) is 12.3. The number of nitrogens with zero attached hydrogens (tertiary/aromatic N) is 3. The van der Waals surface area contributed by atoms with Gasteiger partial charge in [0.15, 0.2) is 6.61 Å². The predicted octanol–water partition coefficient (Wildman–Crippen LogP) is 3.53. The van der Waals surface area contributed by atoms with Gasteiger partial charge < -0.3 is 14.6 Å². The van der Waals surface area contributed by atoms with E-state index in [0.29, 0.717) is 21.2 Å². The van der Waals surface area contributed by atoms with E-state index >= 15 is 0 Å². The van der Waals surface area contributed by atoms with Crippen molar-refractivity contribution in [2.45, 2.75) is 35.5 Å². The number of aromatic amines is 1. The van der Waals surface area contributed by atoms with Crippen LogP contribution < -0.4 is 14.5 Å². The van der Waals surface area contributed by atoms with Gasteiger partial charge in [-0.25, -0.2) is 4.90 Å². The molecule has 3 amide bonds. The number of likely N-dealkylation sites (tertiary alicyclic amines) is 1. The number of nitro benzene ring substituents is 1. The van der Waals surface area contributed by atoms with Gasteiger partial charge in [0.1, 0.15) is 11.0 Å². The van der Waals surface area contributed by atoms with E-state index in [1.54, 1.807) is 23.1 Å². The van der Waals surface area contributed by atoms with Crippen LogP contribution in [0.1, 0.15) is 35.6 Å². The number of hydrogen-bond acceptors (Lipinski definition) is 9. The van der Waals surface area contributed by atoms with Crippen molar-refractivity contribution in [3.63, 3.8) is 0 Å². The molecule has 3 aromatic rings. The third-order valence-electron chi connectivity index (χ3n) is 7.43. The molecule has 1 N–H and O–H groups in total. The highest BCUT2D eigenvalue weighted by Crippen LogP contribution is 2.53. The zero-order valence-electron chi connectivity index (χ0n) is 21.1. The quantitative estimate of drug-likeness (QED) is 0.265. The minimum atomic E-state index is -0.808. The number of benzene rings is 2. The molecule has 2 aromatic carbocycles. The SMILES string of the molecule is O=C(COc1cccc([C@@H]2c3sc(=O)[nH]c3S[C@H]3C(=O)N(c4ccc([N+](=O)[O-])cc4)C(=O)[C@@H]23)c1)N1CCCCC1. The summed E-state index contributed by atoms with van der Waals surface area (Å²) in [5, 5.41) is 10.8. The zero-order valence-corrected chi connectivity index (χ0v) is 22.7. The van der Waals surface area contributed by atoms with Crippen LogP contribution in [0.4, 0.5) is 11.4 Å². The van der Waals surface area contributed by atoms with Crippen molar-refractivity contribution >= 4 is 52.2 Å². The molecule has 0 saturated carbocycles. The van der Waals surface area contributed by atoms with Crippen molar-refractivity contribution in [1.29, 1.82) is 0 Å². The highest BCUT2D eigenvalue weighted by Gasteiger charge is 2.56. The maximum atomic E-state index is 13.8. The van der Waals surface area contributed by atoms with E-state index in [-0.39, 0.29) is 28.8 Å².